The van der Waals surface area contributed by atoms with Gasteiger partial charge in [0.15, 0.2) is 11.5 Å². The molecule has 9 heteroatoms. The van der Waals surface area contributed by atoms with Crippen LogP contribution in [-0.4, -0.2) is 44.8 Å². The van der Waals surface area contributed by atoms with E-state index in [4.69, 9.17) is 4.74 Å². The molecular formula is C19H25N7O2. The number of carbonyl (C=O) groups excluding carboxylic acids is 1. The molecule has 9 nitrogen and oxygen atoms in total. The summed E-state index contributed by atoms with van der Waals surface area (Å²) in [5.41, 5.74) is 1.10. The van der Waals surface area contributed by atoms with Crippen LogP contribution >= 0.6 is 0 Å². The molecule has 3 N–H and O–H groups in total. The maximum absolute atomic E-state index is 12.6. The van der Waals surface area contributed by atoms with Crippen molar-refractivity contribution >= 4 is 11.7 Å². The molecule has 0 aromatic carbocycles. The van der Waals surface area contributed by atoms with Crippen molar-refractivity contribution in [1.29, 1.82) is 5.26 Å². The first-order valence-electron chi connectivity index (χ1n) is 9.56. The number of carbonyl (C=O) groups is 1. The summed E-state index contributed by atoms with van der Waals surface area (Å²) < 4.78 is 6.00. The molecule has 2 aromatic rings. The van der Waals surface area contributed by atoms with Crippen molar-refractivity contribution in [2.24, 2.45) is 5.92 Å². The second-order valence-electron chi connectivity index (χ2n) is 6.84. The largest absolute Gasteiger partial charge is 0.376 e. The van der Waals surface area contributed by atoms with Crippen LogP contribution in [0.2, 0.25) is 0 Å². The Morgan fingerprint density at radius 2 is 2.21 bits per heavy atom. The van der Waals surface area contributed by atoms with E-state index in [2.05, 4.69) is 37.7 Å². The fourth-order valence-corrected chi connectivity index (χ4v) is 3.41. The Morgan fingerprint density at radius 3 is 2.96 bits per heavy atom. The van der Waals surface area contributed by atoms with Crippen molar-refractivity contribution in [3.63, 3.8) is 0 Å². The minimum Gasteiger partial charge on any atom is -0.376 e. The van der Waals surface area contributed by atoms with E-state index in [-0.39, 0.29) is 29.7 Å². The maximum atomic E-state index is 12.6. The van der Waals surface area contributed by atoms with Gasteiger partial charge in [-0.05, 0) is 31.7 Å². The normalized spacial score (nSPS) is 21.6. The summed E-state index contributed by atoms with van der Waals surface area (Å²) in [6, 6.07) is 3.76. The molecule has 1 aliphatic rings. The first-order valence-corrected chi connectivity index (χ1v) is 9.56. The lowest BCUT2D eigenvalue weighted by molar-refractivity contribution is -0.127. The number of nitriles is 1. The molecule has 0 saturated heterocycles. The summed E-state index contributed by atoms with van der Waals surface area (Å²) in [6.45, 7) is 3.14. The van der Waals surface area contributed by atoms with Gasteiger partial charge in [0.25, 0.3) is 0 Å². The van der Waals surface area contributed by atoms with Gasteiger partial charge in [-0.2, -0.15) is 10.4 Å². The number of H-pyrrole nitrogens is 1. The highest BCUT2D eigenvalue weighted by atomic mass is 16.5. The van der Waals surface area contributed by atoms with E-state index >= 15 is 0 Å². The molecule has 1 amide bonds. The van der Waals surface area contributed by atoms with E-state index in [0.717, 1.165) is 25.0 Å². The molecule has 2 heterocycles. The smallest absolute Gasteiger partial charge is 0.223 e. The summed E-state index contributed by atoms with van der Waals surface area (Å²) in [4.78, 5) is 20.9. The highest BCUT2D eigenvalue weighted by molar-refractivity contribution is 5.78. The number of aromatic amines is 1. The van der Waals surface area contributed by atoms with E-state index in [0.29, 0.717) is 25.4 Å². The van der Waals surface area contributed by atoms with Gasteiger partial charge in [-0.3, -0.25) is 9.89 Å². The van der Waals surface area contributed by atoms with Crippen molar-refractivity contribution in [2.45, 2.75) is 51.3 Å². The quantitative estimate of drug-likeness (QED) is 0.633. The van der Waals surface area contributed by atoms with Crippen LogP contribution in [0.15, 0.2) is 24.7 Å². The summed E-state index contributed by atoms with van der Waals surface area (Å²) in [7, 11) is 0. The Hall–Kier alpha value is -2.99. The van der Waals surface area contributed by atoms with Gasteiger partial charge in [-0.1, -0.05) is 6.92 Å². The topological polar surface area (TPSA) is 129 Å². The van der Waals surface area contributed by atoms with Crippen molar-refractivity contribution in [3.8, 4) is 6.07 Å². The number of amides is 1. The molecule has 0 radical (unpaired) electrons. The van der Waals surface area contributed by atoms with Gasteiger partial charge in [0.2, 0.25) is 5.91 Å². The molecule has 0 spiro atoms. The second-order valence-corrected chi connectivity index (χ2v) is 6.84. The van der Waals surface area contributed by atoms with E-state index in [1.54, 1.807) is 12.4 Å². The van der Waals surface area contributed by atoms with Crippen LogP contribution in [0.1, 0.15) is 44.0 Å². The van der Waals surface area contributed by atoms with Crippen LogP contribution in [0.25, 0.3) is 0 Å². The predicted molar refractivity (Wildman–Crippen MR) is 102 cm³/mol. The number of rotatable bonds is 8. The molecule has 0 bridgehead atoms. The number of ether oxygens (including phenoxy) is 1. The zero-order valence-electron chi connectivity index (χ0n) is 15.9. The predicted octanol–water partition coefficient (Wildman–Crippen LogP) is 1.76. The lowest BCUT2D eigenvalue weighted by Crippen LogP contribution is -2.45. The van der Waals surface area contributed by atoms with Gasteiger partial charge < -0.3 is 15.4 Å². The first kappa shape index (κ1) is 19.8. The first-order chi connectivity index (χ1) is 13.7. The van der Waals surface area contributed by atoms with E-state index in [1.165, 1.54) is 6.20 Å². The maximum Gasteiger partial charge on any atom is 0.223 e. The van der Waals surface area contributed by atoms with Crippen LogP contribution in [0.3, 0.4) is 0 Å². The molecule has 3 atom stereocenters. The number of nitrogens with one attached hydrogen (secondary N) is 3. The van der Waals surface area contributed by atoms with Gasteiger partial charge in [-0.15, -0.1) is 0 Å². The average molecular weight is 383 g/mol. The van der Waals surface area contributed by atoms with E-state index in [9.17, 15) is 10.1 Å². The molecule has 0 unspecified atom stereocenters. The number of hydrogen-bond acceptors (Lipinski definition) is 7. The van der Waals surface area contributed by atoms with Crippen molar-refractivity contribution in [2.75, 3.05) is 11.9 Å². The molecule has 28 heavy (non-hydrogen) atoms. The van der Waals surface area contributed by atoms with Crippen LogP contribution in [0.5, 0.6) is 0 Å². The summed E-state index contributed by atoms with van der Waals surface area (Å²) in [5, 5.41) is 22.2. The Balaban J connectivity index is 1.66. The van der Waals surface area contributed by atoms with Gasteiger partial charge in [0.05, 0.1) is 24.4 Å². The summed E-state index contributed by atoms with van der Waals surface area (Å²) >= 11 is 0. The van der Waals surface area contributed by atoms with Gasteiger partial charge in [0.1, 0.15) is 6.07 Å². The third-order valence-electron chi connectivity index (χ3n) is 4.83. The Morgan fingerprint density at radius 1 is 1.36 bits per heavy atom. The Labute approximate surface area is 163 Å². The van der Waals surface area contributed by atoms with Gasteiger partial charge >= 0.3 is 0 Å². The minimum absolute atomic E-state index is 0.00925. The number of hydrogen-bond donors (Lipinski definition) is 3. The average Bonchev–Trinajstić information content (AvgIpc) is 3.25. The van der Waals surface area contributed by atoms with Gasteiger partial charge in [-0.25, -0.2) is 9.97 Å². The third kappa shape index (κ3) is 5.04. The monoisotopic (exact) mass is 383 g/mol. The lowest BCUT2D eigenvalue weighted by atomic mass is 9.83. The molecule has 1 saturated carbocycles. The minimum atomic E-state index is -0.135. The highest BCUT2D eigenvalue weighted by Gasteiger charge is 2.35. The molecule has 0 aliphatic heterocycles. The molecule has 148 valence electrons. The van der Waals surface area contributed by atoms with Crippen molar-refractivity contribution in [3.05, 3.63) is 36.0 Å². The third-order valence-corrected chi connectivity index (χ3v) is 4.83. The van der Waals surface area contributed by atoms with Crippen LogP contribution in [0, 0.1) is 17.2 Å². The zero-order valence-corrected chi connectivity index (χ0v) is 15.9. The molecule has 3 rings (SSSR count). The van der Waals surface area contributed by atoms with Crippen LogP contribution in [-0.2, 0) is 16.1 Å². The number of nitrogens with zero attached hydrogens (tertiary/aromatic N) is 4. The lowest BCUT2D eigenvalue weighted by Gasteiger charge is -2.36. The Kier molecular flexibility index (Phi) is 6.92. The fourth-order valence-electron chi connectivity index (χ4n) is 3.41. The SMILES string of the molecule is CCCO[C@@H]1CC[C@H](C(=O)NCc2ccn[nH]2)C[C@H]1Nc1nccnc1C#N. The molecule has 1 fully saturated rings. The highest BCUT2D eigenvalue weighted by Crippen LogP contribution is 2.29. The standard InChI is InChI=1S/C19H25N7O2/c1-2-9-28-17-4-3-13(19(27)23-12-14-5-6-24-26-14)10-15(17)25-18-16(11-20)21-7-8-22-18/h5-8,13,15,17H,2-4,9-10,12H2,1H3,(H,22,25)(H,23,27)(H,24,26)/t13-,15+,17+/m0/s1. The van der Waals surface area contributed by atoms with Crippen molar-refractivity contribution in [1.82, 2.24) is 25.5 Å². The Bertz CT molecular complexity index is 803. The molecule has 1 aliphatic carbocycles. The summed E-state index contributed by atoms with van der Waals surface area (Å²) in [5.74, 6) is 0.303. The number of aromatic nitrogens is 4. The van der Waals surface area contributed by atoms with E-state index in [1.807, 2.05) is 12.1 Å². The summed E-state index contributed by atoms with van der Waals surface area (Å²) in [6.07, 6.45) is 7.70. The van der Waals surface area contributed by atoms with Crippen molar-refractivity contribution < 1.29 is 9.53 Å². The van der Waals surface area contributed by atoms with Crippen LogP contribution < -0.4 is 10.6 Å². The van der Waals surface area contributed by atoms with Gasteiger partial charge in [0, 0.05) is 31.1 Å². The molecule has 2 aromatic heterocycles. The fraction of sp³-hybridized carbons (Fsp3) is 0.526. The molecular weight excluding hydrogens is 358 g/mol. The zero-order chi connectivity index (χ0) is 19.8. The number of anilines is 1. The van der Waals surface area contributed by atoms with E-state index < -0.39 is 0 Å². The van der Waals surface area contributed by atoms with Crippen LogP contribution in [0.4, 0.5) is 5.82 Å². The second kappa shape index (κ2) is 9.80.